The van der Waals surface area contributed by atoms with Crippen LogP contribution in [0.4, 0.5) is 0 Å². The number of hydrogen-bond donors (Lipinski definition) is 0. The summed E-state index contributed by atoms with van der Waals surface area (Å²) in [4.78, 5) is 10.6. The monoisotopic (exact) mass is 296 g/mol. The van der Waals surface area contributed by atoms with Crippen molar-refractivity contribution in [3.05, 3.63) is 52.0 Å². The lowest BCUT2D eigenvalue weighted by Gasteiger charge is -2.11. The summed E-state index contributed by atoms with van der Waals surface area (Å²) in [5.74, 6) is 1.43. The summed E-state index contributed by atoms with van der Waals surface area (Å²) in [5, 5.41) is 0.896. The molecule has 0 saturated heterocycles. The zero-order valence-electron chi connectivity index (χ0n) is 10.0. The standard InChI is InChI=1S/C14H10Cl2O3/c1-18-14-7-10(15)3-5-13(14)19-12-4-2-9(8-17)6-11(12)16/h2-8H,1H3. The Bertz CT molecular complexity index is 612. The second kappa shape index (κ2) is 5.95. The molecule has 19 heavy (non-hydrogen) atoms. The van der Waals surface area contributed by atoms with E-state index in [9.17, 15) is 4.79 Å². The molecule has 0 atom stereocenters. The van der Waals surface area contributed by atoms with Gasteiger partial charge in [0, 0.05) is 16.7 Å². The molecule has 0 aliphatic rings. The number of aldehydes is 1. The third-order valence-corrected chi connectivity index (χ3v) is 2.97. The fourth-order valence-electron chi connectivity index (χ4n) is 1.52. The normalized spacial score (nSPS) is 10.1. The molecule has 5 heteroatoms. The lowest BCUT2D eigenvalue weighted by molar-refractivity contribution is 0.112. The Kier molecular flexibility index (Phi) is 4.30. The van der Waals surface area contributed by atoms with Crippen LogP contribution in [0.1, 0.15) is 10.4 Å². The van der Waals surface area contributed by atoms with Crippen molar-refractivity contribution >= 4 is 29.5 Å². The second-order valence-electron chi connectivity index (χ2n) is 3.70. The third kappa shape index (κ3) is 3.19. The van der Waals surface area contributed by atoms with Crippen LogP contribution in [-0.4, -0.2) is 13.4 Å². The largest absolute Gasteiger partial charge is 0.493 e. The molecule has 0 unspecified atom stereocenters. The SMILES string of the molecule is COc1cc(Cl)ccc1Oc1ccc(C=O)cc1Cl. The highest BCUT2D eigenvalue weighted by Gasteiger charge is 2.09. The molecule has 0 aromatic heterocycles. The summed E-state index contributed by atoms with van der Waals surface area (Å²) >= 11 is 11.9. The van der Waals surface area contributed by atoms with E-state index >= 15 is 0 Å². The van der Waals surface area contributed by atoms with Gasteiger partial charge >= 0.3 is 0 Å². The Morgan fingerprint density at radius 3 is 2.37 bits per heavy atom. The van der Waals surface area contributed by atoms with Gasteiger partial charge in [0.05, 0.1) is 12.1 Å². The first-order valence-electron chi connectivity index (χ1n) is 5.40. The number of carbonyl (C=O) groups excluding carboxylic acids is 1. The molecule has 0 amide bonds. The predicted molar refractivity (Wildman–Crippen MR) is 74.9 cm³/mol. The lowest BCUT2D eigenvalue weighted by Crippen LogP contribution is -1.91. The molecule has 0 bridgehead atoms. The van der Waals surface area contributed by atoms with Crippen LogP contribution in [0.5, 0.6) is 17.2 Å². The first kappa shape index (κ1) is 13.7. The van der Waals surface area contributed by atoms with Gasteiger partial charge < -0.3 is 9.47 Å². The molecule has 2 aromatic carbocycles. The quantitative estimate of drug-likeness (QED) is 0.773. The topological polar surface area (TPSA) is 35.5 Å². The number of ether oxygens (including phenoxy) is 2. The van der Waals surface area contributed by atoms with E-state index in [0.29, 0.717) is 32.9 Å². The van der Waals surface area contributed by atoms with Crippen LogP contribution in [-0.2, 0) is 0 Å². The number of hydrogen-bond acceptors (Lipinski definition) is 3. The van der Waals surface area contributed by atoms with Crippen LogP contribution >= 0.6 is 23.2 Å². The van der Waals surface area contributed by atoms with Crippen molar-refractivity contribution in [1.29, 1.82) is 0 Å². The van der Waals surface area contributed by atoms with Crippen LogP contribution in [0.15, 0.2) is 36.4 Å². The van der Waals surface area contributed by atoms with E-state index in [4.69, 9.17) is 32.7 Å². The van der Waals surface area contributed by atoms with Crippen molar-refractivity contribution < 1.29 is 14.3 Å². The second-order valence-corrected chi connectivity index (χ2v) is 4.55. The fourth-order valence-corrected chi connectivity index (χ4v) is 1.91. The van der Waals surface area contributed by atoms with Gasteiger partial charge in [-0.15, -0.1) is 0 Å². The van der Waals surface area contributed by atoms with Gasteiger partial charge in [0.1, 0.15) is 12.0 Å². The van der Waals surface area contributed by atoms with Gasteiger partial charge in [0.15, 0.2) is 11.5 Å². The summed E-state index contributed by atoms with van der Waals surface area (Å²) in [6, 6.07) is 9.80. The molecule has 0 aliphatic carbocycles. The minimum absolute atomic E-state index is 0.349. The number of rotatable bonds is 4. The first-order valence-corrected chi connectivity index (χ1v) is 6.15. The Hall–Kier alpha value is -1.71. The summed E-state index contributed by atoms with van der Waals surface area (Å²) in [6.45, 7) is 0. The number of methoxy groups -OCH3 is 1. The van der Waals surface area contributed by atoms with Gasteiger partial charge in [-0.05, 0) is 30.3 Å². The molecule has 0 radical (unpaired) electrons. The maximum atomic E-state index is 10.6. The highest BCUT2D eigenvalue weighted by molar-refractivity contribution is 6.32. The van der Waals surface area contributed by atoms with Crippen LogP contribution in [0.25, 0.3) is 0 Å². The van der Waals surface area contributed by atoms with Crippen molar-refractivity contribution in [2.24, 2.45) is 0 Å². The van der Waals surface area contributed by atoms with Crippen molar-refractivity contribution in [2.75, 3.05) is 7.11 Å². The molecule has 2 rings (SSSR count). The zero-order chi connectivity index (χ0) is 13.8. The van der Waals surface area contributed by atoms with Crippen LogP contribution < -0.4 is 9.47 Å². The summed E-state index contributed by atoms with van der Waals surface area (Å²) < 4.78 is 10.8. The molecule has 0 N–H and O–H groups in total. The Labute approximate surface area is 120 Å². The first-order chi connectivity index (χ1) is 9.13. The lowest BCUT2D eigenvalue weighted by atomic mass is 10.2. The molecular weight excluding hydrogens is 287 g/mol. The summed E-state index contributed by atoms with van der Waals surface area (Å²) in [5.41, 5.74) is 0.487. The maximum absolute atomic E-state index is 10.6. The molecular formula is C14H10Cl2O3. The molecule has 0 aliphatic heterocycles. The molecule has 0 saturated carbocycles. The molecule has 98 valence electrons. The van der Waals surface area contributed by atoms with E-state index in [-0.39, 0.29) is 0 Å². The Balaban J connectivity index is 2.33. The van der Waals surface area contributed by atoms with Crippen LogP contribution in [0, 0.1) is 0 Å². The van der Waals surface area contributed by atoms with E-state index < -0.39 is 0 Å². The Morgan fingerprint density at radius 2 is 1.74 bits per heavy atom. The smallest absolute Gasteiger partial charge is 0.169 e. The maximum Gasteiger partial charge on any atom is 0.169 e. The van der Waals surface area contributed by atoms with E-state index in [1.165, 1.54) is 13.2 Å². The number of halogens is 2. The minimum atomic E-state index is 0.349. The van der Waals surface area contributed by atoms with E-state index in [2.05, 4.69) is 0 Å². The molecule has 0 fully saturated rings. The van der Waals surface area contributed by atoms with Crippen LogP contribution in [0.2, 0.25) is 10.0 Å². The summed E-state index contributed by atoms with van der Waals surface area (Å²) in [6.07, 6.45) is 0.721. The summed E-state index contributed by atoms with van der Waals surface area (Å²) in [7, 11) is 1.52. The zero-order valence-corrected chi connectivity index (χ0v) is 11.5. The van der Waals surface area contributed by atoms with Crippen LogP contribution in [0.3, 0.4) is 0 Å². The van der Waals surface area contributed by atoms with Crippen molar-refractivity contribution in [3.8, 4) is 17.2 Å². The van der Waals surface area contributed by atoms with Gasteiger partial charge in [-0.3, -0.25) is 4.79 Å². The number of carbonyl (C=O) groups is 1. The van der Waals surface area contributed by atoms with Gasteiger partial charge in [-0.2, -0.15) is 0 Å². The predicted octanol–water partition coefficient (Wildman–Crippen LogP) is 4.61. The highest BCUT2D eigenvalue weighted by atomic mass is 35.5. The fraction of sp³-hybridized carbons (Fsp3) is 0.0714. The van der Waals surface area contributed by atoms with E-state index in [1.807, 2.05) is 0 Å². The van der Waals surface area contributed by atoms with Crippen molar-refractivity contribution in [3.63, 3.8) is 0 Å². The van der Waals surface area contributed by atoms with E-state index in [0.717, 1.165) is 6.29 Å². The third-order valence-electron chi connectivity index (χ3n) is 2.44. The average Bonchev–Trinajstić information content (AvgIpc) is 2.42. The van der Waals surface area contributed by atoms with Crippen molar-refractivity contribution in [2.45, 2.75) is 0 Å². The molecule has 0 heterocycles. The average molecular weight is 297 g/mol. The van der Waals surface area contributed by atoms with Gasteiger partial charge in [-0.25, -0.2) is 0 Å². The minimum Gasteiger partial charge on any atom is -0.493 e. The highest BCUT2D eigenvalue weighted by Crippen LogP contribution is 2.36. The molecule has 0 spiro atoms. The Morgan fingerprint density at radius 1 is 1.00 bits per heavy atom. The van der Waals surface area contributed by atoms with Gasteiger partial charge in [0.25, 0.3) is 0 Å². The van der Waals surface area contributed by atoms with E-state index in [1.54, 1.807) is 30.3 Å². The molecule has 2 aromatic rings. The van der Waals surface area contributed by atoms with Crippen molar-refractivity contribution in [1.82, 2.24) is 0 Å². The molecule has 3 nitrogen and oxygen atoms in total. The number of benzene rings is 2. The van der Waals surface area contributed by atoms with Gasteiger partial charge in [0.2, 0.25) is 0 Å². The van der Waals surface area contributed by atoms with Gasteiger partial charge in [-0.1, -0.05) is 23.2 Å².